The number of phenols is 1. The predicted molar refractivity (Wildman–Crippen MR) is 139 cm³/mol. The highest BCUT2D eigenvalue weighted by Crippen LogP contribution is 2.48. The van der Waals surface area contributed by atoms with Crippen LogP contribution in [0.5, 0.6) is 11.5 Å². The number of Topliss-reactive ketones (excluding diaryl/α,β-unsaturated/α-hetero) is 1. The molecule has 0 radical (unpaired) electrons. The molecule has 0 amide bonds. The monoisotopic (exact) mass is 530 g/mol. The number of hydrogen-bond donors (Lipinski definition) is 2. The van der Waals surface area contributed by atoms with Gasteiger partial charge in [-0.3, -0.25) is 14.9 Å². The number of aromatic hydroxyl groups is 1. The van der Waals surface area contributed by atoms with Crippen molar-refractivity contribution in [3.8, 4) is 11.5 Å². The lowest BCUT2D eigenvalue weighted by Crippen LogP contribution is -2.36. The van der Waals surface area contributed by atoms with E-state index in [9.17, 15) is 24.8 Å². The number of carbonyl (C=O) groups excluding carboxylic acids is 2. The van der Waals surface area contributed by atoms with E-state index in [4.69, 9.17) is 13.9 Å². The molecule has 2 heterocycles. The van der Waals surface area contributed by atoms with Gasteiger partial charge in [0, 0.05) is 41.3 Å². The maximum absolute atomic E-state index is 13.7. The van der Waals surface area contributed by atoms with E-state index >= 15 is 0 Å². The first-order valence-electron chi connectivity index (χ1n) is 12.3. The molecule has 39 heavy (non-hydrogen) atoms. The van der Waals surface area contributed by atoms with E-state index < -0.39 is 28.2 Å². The number of ether oxygens (including phenoxy) is 2. The molecule has 5 rings (SSSR count). The van der Waals surface area contributed by atoms with Crippen LogP contribution in [0.15, 0.2) is 87.8 Å². The van der Waals surface area contributed by atoms with E-state index in [-0.39, 0.29) is 41.6 Å². The average molecular weight is 531 g/mol. The van der Waals surface area contributed by atoms with Crippen molar-refractivity contribution in [2.45, 2.75) is 38.2 Å². The molecular weight excluding hydrogens is 504 g/mol. The standard InChI is InChI=1S/C29H26N2O8/c1-16-25(29(34)39-15-17-7-4-3-5-8-17)26(19-12-21(31(35)36)28(33)24(14-19)37-2)27-20(30-16)11-18(13-22(27)32)23-9-6-10-38-23/h3-10,12,14,18,26,30,33H,11,13,15H2,1-2H3/t18-,26+/m1/s1. The number of dihydropyridines is 1. The van der Waals surface area contributed by atoms with Gasteiger partial charge in [-0.2, -0.15) is 0 Å². The number of nitro benzene ring substituents is 1. The Labute approximate surface area is 223 Å². The Bertz CT molecular complexity index is 1510. The minimum Gasteiger partial charge on any atom is -0.500 e. The lowest BCUT2D eigenvalue weighted by molar-refractivity contribution is -0.386. The van der Waals surface area contributed by atoms with Gasteiger partial charge in [0.25, 0.3) is 0 Å². The zero-order valence-electron chi connectivity index (χ0n) is 21.3. The number of allylic oxidation sites excluding steroid dienone is 3. The third kappa shape index (κ3) is 4.88. The first-order valence-corrected chi connectivity index (χ1v) is 12.3. The summed E-state index contributed by atoms with van der Waals surface area (Å²) in [5, 5.41) is 25.4. The first-order chi connectivity index (χ1) is 18.8. The molecule has 1 aromatic heterocycles. The molecule has 2 N–H and O–H groups in total. The maximum Gasteiger partial charge on any atom is 0.337 e. The van der Waals surface area contributed by atoms with Gasteiger partial charge in [0.15, 0.2) is 11.5 Å². The van der Waals surface area contributed by atoms with E-state index in [1.165, 1.54) is 19.2 Å². The second-order valence-corrected chi connectivity index (χ2v) is 9.44. The summed E-state index contributed by atoms with van der Waals surface area (Å²) in [5.74, 6) is -2.21. The SMILES string of the molecule is COc1cc([C@H]2C(C(=O)OCc3ccccc3)=C(C)NC3=C2C(=O)C[C@H](c2ccco2)C3)cc([N+](=O)[O-])c1O. The zero-order valence-corrected chi connectivity index (χ0v) is 21.3. The summed E-state index contributed by atoms with van der Waals surface area (Å²) in [6.45, 7) is 1.70. The topological polar surface area (TPSA) is 141 Å². The van der Waals surface area contributed by atoms with Crippen molar-refractivity contribution < 1.29 is 33.5 Å². The number of nitrogens with zero attached hydrogens (tertiary/aromatic N) is 1. The fourth-order valence-electron chi connectivity index (χ4n) is 5.24. The number of furan rings is 1. The summed E-state index contributed by atoms with van der Waals surface area (Å²) in [6, 6.07) is 15.3. The van der Waals surface area contributed by atoms with E-state index in [2.05, 4.69) is 5.32 Å². The number of carbonyl (C=O) groups is 2. The van der Waals surface area contributed by atoms with Crippen molar-refractivity contribution in [2.24, 2.45) is 0 Å². The first kappa shape index (κ1) is 25.8. The number of phenolic OH excluding ortho intramolecular Hbond substituents is 1. The van der Waals surface area contributed by atoms with Crippen LogP contribution in [0, 0.1) is 10.1 Å². The summed E-state index contributed by atoms with van der Waals surface area (Å²) in [4.78, 5) is 38.3. The smallest absolute Gasteiger partial charge is 0.337 e. The van der Waals surface area contributed by atoms with Gasteiger partial charge < -0.3 is 24.3 Å². The molecule has 1 aliphatic heterocycles. The molecule has 200 valence electrons. The number of benzene rings is 2. The Morgan fingerprint density at radius 3 is 2.62 bits per heavy atom. The predicted octanol–water partition coefficient (Wildman–Crippen LogP) is 5.01. The van der Waals surface area contributed by atoms with Crippen LogP contribution in [0.4, 0.5) is 5.69 Å². The molecule has 2 atom stereocenters. The summed E-state index contributed by atoms with van der Waals surface area (Å²) >= 11 is 0. The molecule has 10 heteroatoms. The maximum atomic E-state index is 13.7. The van der Waals surface area contributed by atoms with Gasteiger partial charge in [0.05, 0.1) is 23.9 Å². The second-order valence-electron chi connectivity index (χ2n) is 9.44. The molecule has 0 fully saturated rings. The molecule has 0 bridgehead atoms. The third-order valence-electron chi connectivity index (χ3n) is 7.03. The van der Waals surface area contributed by atoms with Gasteiger partial charge in [-0.15, -0.1) is 0 Å². The molecule has 0 unspecified atom stereocenters. The van der Waals surface area contributed by atoms with Crippen LogP contribution in [0.1, 0.15) is 48.5 Å². The number of hydrogen-bond acceptors (Lipinski definition) is 9. The van der Waals surface area contributed by atoms with E-state index in [0.29, 0.717) is 29.1 Å². The Morgan fingerprint density at radius 1 is 1.18 bits per heavy atom. The van der Waals surface area contributed by atoms with Gasteiger partial charge in [-0.25, -0.2) is 4.79 Å². The van der Waals surface area contributed by atoms with Crippen molar-refractivity contribution in [1.82, 2.24) is 5.32 Å². The Balaban J connectivity index is 1.61. The van der Waals surface area contributed by atoms with Crippen LogP contribution >= 0.6 is 0 Å². The largest absolute Gasteiger partial charge is 0.500 e. The van der Waals surface area contributed by atoms with Gasteiger partial charge in [-0.05, 0) is 42.7 Å². The molecule has 0 saturated carbocycles. The number of rotatable bonds is 7. The van der Waals surface area contributed by atoms with E-state index in [1.54, 1.807) is 19.3 Å². The van der Waals surface area contributed by atoms with E-state index in [0.717, 1.165) is 5.56 Å². The van der Waals surface area contributed by atoms with Crippen molar-refractivity contribution in [1.29, 1.82) is 0 Å². The Kier molecular flexibility index (Phi) is 6.93. The summed E-state index contributed by atoms with van der Waals surface area (Å²) in [5.41, 5.74) is 1.95. The fourth-order valence-corrected chi connectivity index (χ4v) is 5.24. The normalized spacial score (nSPS) is 18.9. The minimum atomic E-state index is -0.984. The molecule has 1 aliphatic carbocycles. The van der Waals surface area contributed by atoms with Gasteiger partial charge in [0.1, 0.15) is 12.4 Å². The van der Waals surface area contributed by atoms with Gasteiger partial charge in [-0.1, -0.05) is 30.3 Å². The molecular formula is C29H26N2O8. The van der Waals surface area contributed by atoms with Crippen LogP contribution in [0.2, 0.25) is 0 Å². The highest BCUT2D eigenvalue weighted by atomic mass is 16.6. The van der Waals surface area contributed by atoms with Crippen molar-refractivity contribution >= 4 is 17.4 Å². The van der Waals surface area contributed by atoms with Crippen molar-refractivity contribution in [3.63, 3.8) is 0 Å². The van der Waals surface area contributed by atoms with Crippen LogP contribution in [-0.2, 0) is 20.9 Å². The fraction of sp³-hybridized carbons (Fsp3) is 0.241. The number of nitro groups is 1. The number of esters is 1. The number of methoxy groups -OCH3 is 1. The average Bonchev–Trinajstić information content (AvgIpc) is 3.47. The number of nitrogens with one attached hydrogen (secondary N) is 1. The summed E-state index contributed by atoms with van der Waals surface area (Å²) < 4.78 is 16.4. The highest BCUT2D eigenvalue weighted by Gasteiger charge is 2.43. The highest BCUT2D eigenvalue weighted by molar-refractivity contribution is 6.04. The van der Waals surface area contributed by atoms with Crippen LogP contribution in [0.25, 0.3) is 0 Å². The van der Waals surface area contributed by atoms with Crippen molar-refractivity contribution in [2.75, 3.05) is 7.11 Å². The Hall–Kier alpha value is -4.86. The van der Waals surface area contributed by atoms with Crippen LogP contribution < -0.4 is 10.1 Å². The molecule has 2 aliphatic rings. The quantitative estimate of drug-likeness (QED) is 0.245. The molecule has 10 nitrogen and oxygen atoms in total. The zero-order chi connectivity index (χ0) is 27.7. The Morgan fingerprint density at radius 2 is 1.95 bits per heavy atom. The molecule has 2 aromatic carbocycles. The van der Waals surface area contributed by atoms with Crippen LogP contribution in [-0.4, -0.2) is 28.9 Å². The van der Waals surface area contributed by atoms with Gasteiger partial charge in [0.2, 0.25) is 5.75 Å². The molecule has 0 spiro atoms. The second kappa shape index (κ2) is 10.5. The number of ketones is 1. The van der Waals surface area contributed by atoms with Gasteiger partial charge >= 0.3 is 11.7 Å². The third-order valence-corrected chi connectivity index (χ3v) is 7.03. The lowest BCUT2D eigenvalue weighted by atomic mass is 9.72. The molecule has 0 saturated heterocycles. The van der Waals surface area contributed by atoms with Crippen LogP contribution in [0.3, 0.4) is 0 Å². The van der Waals surface area contributed by atoms with E-state index in [1.807, 2.05) is 36.4 Å². The molecule has 3 aromatic rings. The lowest BCUT2D eigenvalue weighted by Gasteiger charge is -2.36. The van der Waals surface area contributed by atoms with Crippen molar-refractivity contribution in [3.05, 3.63) is 110 Å². The summed E-state index contributed by atoms with van der Waals surface area (Å²) in [7, 11) is 1.27. The summed E-state index contributed by atoms with van der Waals surface area (Å²) in [6.07, 6.45) is 2.12. The minimum absolute atomic E-state index is 0.00262.